The maximum Gasteiger partial charge on any atom is 0.105 e. The first kappa shape index (κ1) is 14.6. The molecule has 0 fully saturated rings. The van der Waals surface area contributed by atoms with Gasteiger partial charge >= 0.3 is 0 Å². The minimum atomic E-state index is -0.679. The number of hydrogen-bond donors (Lipinski definition) is 1. The molecule has 0 spiro atoms. The van der Waals surface area contributed by atoms with Gasteiger partial charge in [0.25, 0.3) is 0 Å². The summed E-state index contributed by atoms with van der Waals surface area (Å²) in [6, 6.07) is 29.8. The molecule has 0 saturated carbocycles. The van der Waals surface area contributed by atoms with Gasteiger partial charge in [0.05, 0.1) is 11.2 Å². The number of aliphatic hydroxyl groups is 1. The molecule has 2 nitrogen and oxygen atoms in total. The monoisotopic (exact) mass is 311 g/mol. The van der Waals surface area contributed by atoms with Crippen LogP contribution < -0.4 is 0 Å². The number of hydrogen-bond acceptors (Lipinski definition) is 2. The number of rotatable bonds is 3. The molecule has 0 aliphatic rings. The number of aromatic nitrogens is 1. The maximum absolute atomic E-state index is 10.9. The average molecular weight is 311 g/mol. The van der Waals surface area contributed by atoms with E-state index < -0.39 is 6.10 Å². The fourth-order valence-corrected chi connectivity index (χ4v) is 3.00. The molecular formula is C22H17NO. The van der Waals surface area contributed by atoms with Gasteiger partial charge in [-0.25, -0.2) is 4.98 Å². The zero-order valence-electron chi connectivity index (χ0n) is 13.1. The van der Waals surface area contributed by atoms with Crippen molar-refractivity contribution in [2.24, 2.45) is 0 Å². The summed E-state index contributed by atoms with van der Waals surface area (Å²) in [5, 5.41) is 11.9. The molecule has 4 aromatic rings. The summed E-state index contributed by atoms with van der Waals surface area (Å²) in [5.74, 6) is 0. The highest BCUT2D eigenvalue weighted by atomic mass is 16.3. The van der Waals surface area contributed by atoms with Gasteiger partial charge in [0, 0.05) is 10.9 Å². The topological polar surface area (TPSA) is 33.1 Å². The smallest absolute Gasteiger partial charge is 0.105 e. The van der Waals surface area contributed by atoms with Gasteiger partial charge in [-0.1, -0.05) is 78.9 Å². The first-order valence-corrected chi connectivity index (χ1v) is 8.01. The second kappa shape index (κ2) is 6.26. The van der Waals surface area contributed by atoms with Crippen LogP contribution in [0, 0.1) is 0 Å². The normalized spacial score (nSPS) is 12.2. The van der Waals surface area contributed by atoms with Gasteiger partial charge in [0.1, 0.15) is 6.10 Å². The molecule has 1 unspecified atom stereocenters. The Kier molecular flexibility index (Phi) is 3.81. The Hall–Kier alpha value is -2.97. The van der Waals surface area contributed by atoms with E-state index in [9.17, 15) is 5.11 Å². The van der Waals surface area contributed by atoms with E-state index in [0.29, 0.717) is 0 Å². The van der Waals surface area contributed by atoms with Crippen LogP contribution in [0.2, 0.25) is 0 Å². The van der Waals surface area contributed by atoms with Crippen molar-refractivity contribution in [1.82, 2.24) is 4.98 Å². The van der Waals surface area contributed by atoms with Crippen LogP contribution in [0.1, 0.15) is 17.2 Å². The molecule has 24 heavy (non-hydrogen) atoms. The van der Waals surface area contributed by atoms with Gasteiger partial charge in [0.2, 0.25) is 0 Å². The van der Waals surface area contributed by atoms with E-state index in [1.165, 1.54) is 0 Å². The Morgan fingerprint density at radius 2 is 1.33 bits per heavy atom. The van der Waals surface area contributed by atoms with Gasteiger partial charge < -0.3 is 5.11 Å². The lowest BCUT2D eigenvalue weighted by atomic mass is 9.96. The predicted octanol–water partition coefficient (Wildman–Crippen LogP) is 4.98. The Morgan fingerprint density at radius 3 is 2.08 bits per heavy atom. The number of benzene rings is 3. The second-order valence-electron chi connectivity index (χ2n) is 5.79. The van der Waals surface area contributed by atoms with E-state index >= 15 is 0 Å². The molecule has 1 N–H and O–H groups in total. The van der Waals surface area contributed by atoms with Crippen LogP contribution in [0.5, 0.6) is 0 Å². The van der Waals surface area contributed by atoms with Crippen molar-refractivity contribution in [2.75, 3.05) is 0 Å². The molecule has 1 atom stereocenters. The fourth-order valence-electron chi connectivity index (χ4n) is 3.00. The Morgan fingerprint density at radius 1 is 0.708 bits per heavy atom. The van der Waals surface area contributed by atoms with Crippen molar-refractivity contribution in [3.63, 3.8) is 0 Å². The number of pyridine rings is 1. The summed E-state index contributed by atoms with van der Waals surface area (Å²) in [6.45, 7) is 0. The van der Waals surface area contributed by atoms with Gasteiger partial charge in [0.15, 0.2) is 0 Å². The highest BCUT2D eigenvalue weighted by Crippen LogP contribution is 2.31. The van der Waals surface area contributed by atoms with Crippen molar-refractivity contribution in [3.05, 3.63) is 102 Å². The molecule has 0 aliphatic carbocycles. The summed E-state index contributed by atoms with van der Waals surface area (Å²) in [5.41, 5.74) is 4.58. The third kappa shape index (κ3) is 2.68. The number of nitrogens with zero attached hydrogens (tertiary/aromatic N) is 1. The third-order valence-corrected chi connectivity index (χ3v) is 4.23. The number of para-hydroxylation sites is 1. The Bertz CT molecular complexity index is 965. The molecule has 1 aromatic heterocycles. The van der Waals surface area contributed by atoms with Crippen molar-refractivity contribution in [3.8, 4) is 11.3 Å². The van der Waals surface area contributed by atoms with Crippen LogP contribution in [0.15, 0.2) is 91.0 Å². The molecule has 4 rings (SSSR count). The van der Waals surface area contributed by atoms with Crippen LogP contribution in [0.4, 0.5) is 0 Å². The molecule has 0 amide bonds. The standard InChI is InChI=1S/C22H17NO/c24-22(17-11-5-2-6-12-17)19-15-21(16-9-3-1-4-10-16)23-20-14-8-7-13-18(19)20/h1-15,22,24H. The van der Waals surface area contributed by atoms with E-state index in [2.05, 4.69) is 0 Å². The van der Waals surface area contributed by atoms with Crippen LogP contribution in [0.25, 0.3) is 22.2 Å². The Balaban J connectivity index is 1.93. The van der Waals surface area contributed by atoms with Crippen LogP contribution in [-0.2, 0) is 0 Å². The number of fused-ring (bicyclic) bond motifs is 1. The largest absolute Gasteiger partial charge is 0.384 e. The molecule has 116 valence electrons. The van der Waals surface area contributed by atoms with Gasteiger partial charge in [-0.15, -0.1) is 0 Å². The van der Waals surface area contributed by atoms with E-state index in [0.717, 1.165) is 33.3 Å². The fraction of sp³-hybridized carbons (Fsp3) is 0.0455. The maximum atomic E-state index is 10.9. The quantitative estimate of drug-likeness (QED) is 0.578. The molecule has 0 aliphatic heterocycles. The van der Waals surface area contributed by atoms with E-state index in [1.54, 1.807) is 0 Å². The van der Waals surface area contributed by atoms with Crippen molar-refractivity contribution < 1.29 is 5.11 Å². The van der Waals surface area contributed by atoms with E-state index in [-0.39, 0.29) is 0 Å². The van der Waals surface area contributed by atoms with E-state index in [4.69, 9.17) is 4.98 Å². The molecule has 3 aromatic carbocycles. The lowest BCUT2D eigenvalue weighted by molar-refractivity contribution is 0.222. The van der Waals surface area contributed by atoms with Crippen LogP contribution >= 0.6 is 0 Å². The summed E-state index contributed by atoms with van der Waals surface area (Å²) >= 11 is 0. The minimum Gasteiger partial charge on any atom is -0.384 e. The Labute approximate surface area is 141 Å². The predicted molar refractivity (Wildman–Crippen MR) is 97.7 cm³/mol. The van der Waals surface area contributed by atoms with Gasteiger partial charge in [-0.05, 0) is 23.3 Å². The summed E-state index contributed by atoms with van der Waals surface area (Å²) in [6.07, 6.45) is -0.679. The van der Waals surface area contributed by atoms with Crippen LogP contribution in [-0.4, -0.2) is 10.1 Å². The lowest BCUT2D eigenvalue weighted by Gasteiger charge is -2.16. The SMILES string of the molecule is OC(c1ccccc1)c1cc(-c2ccccc2)nc2ccccc12. The molecule has 2 heteroatoms. The molecule has 0 bridgehead atoms. The van der Waals surface area contributed by atoms with Crippen molar-refractivity contribution in [2.45, 2.75) is 6.10 Å². The van der Waals surface area contributed by atoms with Crippen molar-refractivity contribution >= 4 is 10.9 Å². The van der Waals surface area contributed by atoms with Crippen molar-refractivity contribution in [1.29, 1.82) is 0 Å². The minimum absolute atomic E-state index is 0.679. The second-order valence-corrected chi connectivity index (χ2v) is 5.79. The van der Waals surface area contributed by atoms with Gasteiger partial charge in [-0.3, -0.25) is 0 Å². The van der Waals surface area contributed by atoms with E-state index in [1.807, 2.05) is 91.0 Å². The molecular weight excluding hydrogens is 294 g/mol. The van der Waals surface area contributed by atoms with Crippen LogP contribution in [0.3, 0.4) is 0 Å². The zero-order valence-corrected chi connectivity index (χ0v) is 13.1. The first-order chi connectivity index (χ1) is 11.8. The average Bonchev–Trinajstić information content (AvgIpc) is 2.68. The lowest BCUT2D eigenvalue weighted by Crippen LogP contribution is -2.02. The summed E-state index contributed by atoms with van der Waals surface area (Å²) < 4.78 is 0. The molecule has 0 saturated heterocycles. The highest BCUT2D eigenvalue weighted by Gasteiger charge is 2.16. The molecule has 0 radical (unpaired) electrons. The summed E-state index contributed by atoms with van der Waals surface area (Å²) in [4.78, 5) is 4.77. The summed E-state index contributed by atoms with van der Waals surface area (Å²) in [7, 11) is 0. The highest BCUT2D eigenvalue weighted by molar-refractivity contribution is 5.86. The number of aliphatic hydroxyl groups excluding tert-OH is 1. The third-order valence-electron chi connectivity index (χ3n) is 4.23. The zero-order chi connectivity index (χ0) is 16.4. The first-order valence-electron chi connectivity index (χ1n) is 8.01. The van der Waals surface area contributed by atoms with Gasteiger partial charge in [-0.2, -0.15) is 0 Å². The molecule has 1 heterocycles.